The van der Waals surface area contributed by atoms with Gasteiger partial charge in [0.25, 0.3) is 0 Å². The highest BCUT2D eigenvalue weighted by Gasteiger charge is 2.41. The third kappa shape index (κ3) is 26.1. The first kappa shape index (κ1) is 78.6. The van der Waals surface area contributed by atoms with E-state index in [-0.39, 0.29) is 69.0 Å². The monoisotopic (exact) mass is 1440 g/mol. The van der Waals surface area contributed by atoms with Crippen molar-refractivity contribution in [1.82, 2.24) is 73.4 Å². The molecule has 42 heteroatoms. The molecule has 3 unspecified atom stereocenters. The number of nitrogens with two attached hydrogens (primary N) is 5. The van der Waals surface area contributed by atoms with Gasteiger partial charge in [0.2, 0.25) is 82.7 Å². The average Bonchev–Trinajstić information content (AvgIpc) is 1.76. The second-order valence-electron chi connectivity index (χ2n) is 22.3. The third-order valence-electron chi connectivity index (χ3n) is 14.7. The van der Waals surface area contributed by atoms with Gasteiger partial charge in [0.1, 0.15) is 72.2 Å². The van der Waals surface area contributed by atoms with Crippen LogP contribution >= 0.6 is 43.2 Å². The number of carboxylic acids is 1. The fourth-order valence-electron chi connectivity index (χ4n) is 9.51. The lowest BCUT2D eigenvalue weighted by Gasteiger charge is -2.30. The number of fused-ring (bicyclic) bond motifs is 9. The van der Waals surface area contributed by atoms with Crippen LogP contribution in [-0.2, 0) is 84.8 Å². The van der Waals surface area contributed by atoms with E-state index in [1.807, 2.05) is 0 Å². The van der Waals surface area contributed by atoms with Crippen molar-refractivity contribution in [2.45, 2.75) is 137 Å². The Morgan fingerprint density at radius 2 is 1.29 bits per heavy atom. The number of rotatable bonds is 17. The molecule has 0 saturated carbocycles. The first-order chi connectivity index (χ1) is 46.0. The summed E-state index contributed by atoms with van der Waals surface area (Å²) in [5, 5.41) is 57.0. The number of aromatic hydroxyl groups is 1. The maximum Gasteiger partial charge on any atom is 0.303 e. The van der Waals surface area contributed by atoms with E-state index in [1.165, 1.54) is 43.7 Å². The highest BCUT2D eigenvalue weighted by Crippen LogP contribution is 2.26. The van der Waals surface area contributed by atoms with Crippen molar-refractivity contribution in [3.05, 3.63) is 48.0 Å². The molecule has 1 aromatic carbocycles. The number of aliphatic hydroxyl groups is 1. The standard InChI is InChI=1S/C55H80N20O18S4/c1-25-44(83)72-36-21-95-97-22-37(73-45(84)29(56)10-11-42(80)81)52(91)74-38(51(90)69-33(16-40(57)78)54(93)75-13-3-5-39(75)53(92)65-25)23-96-94-20-35(43(58)82)71-50(89)34(19-76)70-48(87)31(14-26-6-8-28(77)9-7-26)67-49(88)32(15-27-17-61-24-64-27)68-47(86)30(4-2-12-62-55(59)60)66-41(79)18-63-46(36)85/h6-9,17,24-25,29-39,76-77H,2-5,10-16,18-23,56H2,1H3,(H2,57,78)(H2,58,82)(H,61,64)(H,63,85)(H,65,92)(H,66,79)(H,67,88)(H,68,86)(H,69,90)(H,70,87)(H,71,89)(H,72,83)(H,73,84)(H,74,91)(H,80,81)(H4,59,60,62)/t25-,29-,30-,31?,32?,33-,34-,35?,36-,37-,38-,39-/m0/s1. The first-order valence-electron chi connectivity index (χ1n) is 30.1. The van der Waals surface area contributed by atoms with Crippen molar-refractivity contribution in [3.8, 4) is 5.75 Å². The molecule has 25 N–H and O–H groups in total. The van der Waals surface area contributed by atoms with Gasteiger partial charge in [0, 0.05) is 67.3 Å². The van der Waals surface area contributed by atoms with Crippen LogP contribution in [0, 0.1) is 0 Å². The van der Waals surface area contributed by atoms with Crippen LogP contribution in [0.25, 0.3) is 0 Å². The Bertz CT molecular complexity index is 3210. The minimum atomic E-state index is -1.87. The lowest BCUT2D eigenvalue weighted by atomic mass is 10.0. The van der Waals surface area contributed by atoms with Gasteiger partial charge in [-0.05, 0) is 56.7 Å². The van der Waals surface area contributed by atoms with Crippen LogP contribution in [0.15, 0.2) is 41.8 Å². The van der Waals surface area contributed by atoms with Gasteiger partial charge < -0.3 is 112 Å². The average molecular weight is 1440 g/mol. The van der Waals surface area contributed by atoms with Gasteiger partial charge in [-0.25, -0.2) is 4.98 Å². The third-order valence-corrected chi connectivity index (χ3v) is 19.6. The van der Waals surface area contributed by atoms with Gasteiger partial charge in [-0.1, -0.05) is 55.3 Å². The molecule has 2 bridgehead atoms. The number of hydrogen-bond donors (Lipinski definition) is 20. The summed E-state index contributed by atoms with van der Waals surface area (Å²) in [6, 6.07) is -14.0. The van der Waals surface area contributed by atoms with E-state index in [4.69, 9.17) is 28.7 Å². The summed E-state index contributed by atoms with van der Waals surface area (Å²) in [7, 11) is 3.20. The van der Waals surface area contributed by atoms with E-state index in [0.29, 0.717) is 5.56 Å². The Morgan fingerprint density at radius 3 is 1.91 bits per heavy atom. The largest absolute Gasteiger partial charge is 0.508 e. The number of imidazole rings is 1. The Hall–Kier alpha value is -9.13. The summed E-state index contributed by atoms with van der Waals surface area (Å²) >= 11 is 0. The molecule has 5 rings (SSSR count). The van der Waals surface area contributed by atoms with E-state index in [9.17, 15) is 87.2 Å². The van der Waals surface area contributed by atoms with Gasteiger partial charge in [0.15, 0.2) is 5.96 Å². The zero-order valence-electron chi connectivity index (χ0n) is 52.2. The van der Waals surface area contributed by atoms with Gasteiger partial charge in [-0.2, -0.15) is 0 Å². The maximum atomic E-state index is 14.6. The number of primary amides is 2. The molecular formula is C55H80N20O18S4. The number of phenols is 1. The molecule has 12 atom stereocenters. The number of aliphatic imine (C=N–C) groups is 1. The van der Waals surface area contributed by atoms with Gasteiger partial charge in [-0.15, -0.1) is 0 Å². The molecule has 0 aliphatic carbocycles. The van der Waals surface area contributed by atoms with Gasteiger partial charge in [-0.3, -0.25) is 76.9 Å². The lowest BCUT2D eigenvalue weighted by molar-refractivity contribution is -0.143. The number of carboxylic acid groups (broad SMARTS) is 1. The van der Waals surface area contributed by atoms with Crippen LogP contribution in [0.2, 0.25) is 0 Å². The number of nitrogens with one attached hydrogen (secondary N) is 12. The Morgan fingerprint density at radius 1 is 0.691 bits per heavy atom. The number of carbonyl (C=O) groups is 15. The zero-order chi connectivity index (χ0) is 71.5. The van der Waals surface area contributed by atoms with Crippen molar-refractivity contribution >= 4 is 138 Å². The number of carbonyl (C=O) groups excluding carboxylic acids is 14. The smallest absolute Gasteiger partial charge is 0.303 e. The number of nitrogens with zero attached hydrogens (tertiary/aromatic N) is 3. The molecular weight excluding hydrogens is 1360 g/mol. The lowest BCUT2D eigenvalue weighted by Crippen LogP contribution is -2.61. The van der Waals surface area contributed by atoms with E-state index in [1.54, 1.807) is 0 Å². The van der Waals surface area contributed by atoms with E-state index >= 15 is 0 Å². The van der Waals surface area contributed by atoms with Crippen molar-refractivity contribution in [1.29, 1.82) is 0 Å². The molecule has 3 aliphatic rings. The minimum absolute atomic E-state index is 0.0220. The fraction of sp³-hybridized carbons (Fsp3) is 0.545. The number of H-pyrrole nitrogens is 1. The normalized spacial score (nSPS) is 25.8. The summed E-state index contributed by atoms with van der Waals surface area (Å²) < 4.78 is 0. The SMILES string of the molecule is C[C@@H]1NC(=O)[C@@H]2CCCN2C(=O)[C@H](CC(N)=O)NC(=O)[C@@H]2CSSCC(C(N)=O)NC(=O)[C@H](CO)NC(=O)C(Cc3ccc(O)cc3)NC(=O)C(Cc3cnc[nH]3)NC(=O)[C@H](CCCN=C(N)N)NC(=O)CNC(=O)[C@H](CSSC[C@H](NC(=O)[C@@H](N)CCC(=O)O)C(=O)N2)NC1=O. The molecule has 97 heavy (non-hydrogen) atoms. The fourth-order valence-corrected chi connectivity index (χ4v) is 14.2. The number of benzene rings is 1. The summed E-state index contributed by atoms with van der Waals surface area (Å²) in [6.45, 7) is -0.925. The maximum absolute atomic E-state index is 14.6. The topological polar surface area (TPSA) is 623 Å². The highest BCUT2D eigenvalue weighted by atomic mass is 33.1. The quantitative estimate of drug-likeness (QED) is 0.0303. The van der Waals surface area contributed by atoms with E-state index < -0.39 is 217 Å². The predicted molar refractivity (Wildman–Crippen MR) is 352 cm³/mol. The van der Waals surface area contributed by atoms with Gasteiger partial charge >= 0.3 is 5.97 Å². The number of aromatic nitrogens is 2. The van der Waals surface area contributed by atoms with Crippen molar-refractivity contribution in [2.75, 3.05) is 49.3 Å². The van der Waals surface area contributed by atoms with Crippen molar-refractivity contribution in [3.63, 3.8) is 0 Å². The van der Waals surface area contributed by atoms with Crippen LogP contribution in [0.4, 0.5) is 0 Å². The Kier molecular flexibility index (Phi) is 31.7. The van der Waals surface area contributed by atoms with Crippen LogP contribution in [0.5, 0.6) is 5.75 Å². The zero-order valence-corrected chi connectivity index (χ0v) is 55.5. The number of amides is 14. The molecule has 4 heterocycles. The molecule has 3 fully saturated rings. The summed E-state index contributed by atoms with van der Waals surface area (Å²) in [5.74, 6) is -18.2. The molecule has 532 valence electrons. The second kappa shape index (κ2) is 39.2. The molecule has 3 saturated heterocycles. The first-order valence-corrected chi connectivity index (χ1v) is 35.1. The summed E-state index contributed by atoms with van der Waals surface area (Å²) in [6.07, 6.45) is 0.138. The molecule has 1 aromatic heterocycles. The number of guanidine groups is 1. The Balaban J connectivity index is 1.62. The van der Waals surface area contributed by atoms with Crippen LogP contribution in [0.1, 0.15) is 63.1 Å². The molecule has 3 aliphatic heterocycles. The summed E-state index contributed by atoms with van der Waals surface area (Å²) in [4.78, 5) is 219. The van der Waals surface area contributed by atoms with Crippen LogP contribution in [0.3, 0.4) is 0 Å². The molecule has 0 radical (unpaired) electrons. The second-order valence-corrected chi connectivity index (χ2v) is 27.4. The van der Waals surface area contributed by atoms with E-state index in [0.717, 1.165) is 48.1 Å². The van der Waals surface area contributed by atoms with Crippen molar-refractivity contribution in [2.24, 2.45) is 33.7 Å². The predicted octanol–water partition coefficient (Wildman–Crippen LogP) is -8.74. The number of aliphatic hydroxyl groups excluding tert-OH is 1. The number of aliphatic carboxylic acids is 1. The Labute approximate surface area is 569 Å². The molecule has 0 spiro atoms. The highest BCUT2D eigenvalue weighted by molar-refractivity contribution is 8.77. The van der Waals surface area contributed by atoms with Crippen molar-refractivity contribution < 1.29 is 87.2 Å². The van der Waals surface area contributed by atoms with Crippen LogP contribution in [-0.4, -0.2) is 247 Å². The van der Waals surface area contributed by atoms with Gasteiger partial charge in [0.05, 0.1) is 31.9 Å². The minimum Gasteiger partial charge on any atom is -0.508 e. The summed E-state index contributed by atoms with van der Waals surface area (Å²) in [5.41, 5.74) is 29.0. The number of phenolic OH excluding ortho intramolecular Hbond substituents is 1. The molecule has 2 aromatic rings. The number of hydrogen-bond acceptors (Lipinski definition) is 24. The molecule has 14 amide bonds. The number of aromatic amines is 1. The molecule has 38 nitrogen and oxygen atoms in total. The van der Waals surface area contributed by atoms with E-state index in [2.05, 4.69) is 73.4 Å². The van der Waals surface area contributed by atoms with Crippen LogP contribution < -0.4 is 87.2 Å².